The molecule has 0 saturated carbocycles. The van der Waals surface area contributed by atoms with Crippen LogP contribution in [0.2, 0.25) is 5.02 Å². The Labute approximate surface area is 124 Å². The van der Waals surface area contributed by atoms with Crippen molar-refractivity contribution in [3.8, 4) is 5.75 Å². The molecule has 5 heteroatoms. The zero-order valence-electron chi connectivity index (χ0n) is 11.7. The fourth-order valence-electron chi connectivity index (χ4n) is 2.32. The van der Waals surface area contributed by atoms with Gasteiger partial charge in [-0.3, -0.25) is 0 Å². The van der Waals surface area contributed by atoms with Crippen molar-refractivity contribution in [3.05, 3.63) is 28.3 Å². The predicted octanol–water partition coefficient (Wildman–Crippen LogP) is 2.23. The van der Waals surface area contributed by atoms with Crippen LogP contribution in [-0.2, 0) is 22.3 Å². The lowest BCUT2D eigenvalue weighted by molar-refractivity contribution is 0.0478. The maximum atomic E-state index is 10.1. The third kappa shape index (κ3) is 4.35. The Balaban J connectivity index is 1.84. The molecule has 4 nitrogen and oxygen atoms in total. The number of methoxy groups -OCH3 is 1. The minimum Gasteiger partial charge on any atom is -0.493 e. The number of hydrogen-bond donors (Lipinski definition) is 1. The zero-order valence-corrected chi connectivity index (χ0v) is 12.5. The summed E-state index contributed by atoms with van der Waals surface area (Å²) in [6, 6.07) is 3.81. The van der Waals surface area contributed by atoms with E-state index < -0.39 is 6.10 Å². The standard InChI is InChI=1S/C15H21ClO4/c1-18-6-7-19-4-3-14(17)10-12-9-13(16)8-11-2-5-20-15(11)12/h8-9,14,17H,2-7,10H2,1H3. The molecule has 0 amide bonds. The number of halogens is 1. The van der Waals surface area contributed by atoms with E-state index in [1.54, 1.807) is 7.11 Å². The normalized spacial score (nSPS) is 14.9. The highest BCUT2D eigenvalue weighted by Gasteiger charge is 2.19. The third-order valence-corrected chi connectivity index (χ3v) is 3.53. The van der Waals surface area contributed by atoms with Crippen molar-refractivity contribution in [2.45, 2.75) is 25.4 Å². The highest BCUT2D eigenvalue weighted by atomic mass is 35.5. The molecule has 1 N–H and O–H groups in total. The average molecular weight is 301 g/mol. The Morgan fingerprint density at radius 1 is 1.35 bits per heavy atom. The van der Waals surface area contributed by atoms with Crippen LogP contribution in [0.3, 0.4) is 0 Å². The summed E-state index contributed by atoms with van der Waals surface area (Å²) in [5.41, 5.74) is 2.12. The molecule has 1 aliphatic rings. The Morgan fingerprint density at radius 2 is 2.20 bits per heavy atom. The highest BCUT2D eigenvalue weighted by molar-refractivity contribution is 6.30. The first-order valence-corrected chi connectivity index (χ1v) is 7.27. The Bertz CT molecular complexity index is 436. The maximum Gasteiger partial charge on any atom is 0.126 e. The van der Waals surface area contributed by atoms with Gasteiger partial charge in [0.15, 0.2) is 0 Å². The third-order valence-electron chi connectivity index (χ3n) is 3.31. The van der Waals surface area contributed by atoms with Crippen LogP contribution in [0.4, 0.5) is 0 Å². The summed E-state index contributed by atoms with van der Waals surface area (Å²) in [6.07, 6.45) is 1.56. The fraction of sp³-hybridized carbons (Fsp3) is 0.600. The molecular weight excluding hydrogens is 280 g/mol. The summed E-state index contributed by atoms with van der Waals surface area (Å²) >= 11 is 6.10. The molecule has 1 unspecified atom stereocenters. The van der Waals surface area contributed by atoms with E-state index >= 15 is 0 Å². The number of hydrogen-bond acceptors (Lipinski definition) is 4. The van der Waals surface area contributed by atoms with Crippen LogP contribution in [0.15, 0.2) is 12.1 Å². The van der Waals surface area contributed by atoms with Gasteiger partial charge in [0, 0.05) is 31.6 Å². The van der Waals surface area contributed by atoms with Gasteiger partial charge in [-0.25, -0.2) is 0 Å². The van der Waals surface area contributed by atoms with Crippen LogP contribution in [0.25, 0.3) is 0 Å². The van der Waals surface area contributed by atoms with Crippen LogP contribution in [0, 0.1) is 0 Å². The number of aliphatic hydroxyl groups is 1. The molecule has 1 atom stereocenters. The number of fused-ring (bicyclic) bond motifs is 1. The summed E-state index contributed by atoms with van der Waals surface area (Å²) in [5, 5.41) is 10.8. The number of benzene rings is 1. The van der Waals surface area contributed by atoms with Crippen LogP contribution in [0.1, 0.15) is 17.5 Å². The maximum absolute atomic E-state index is 10.1. The van der Waals surface area contributed by atoms with Gasteiger partial charge in [-0.05, 0) is 29.7 Å². The second-order valence-electron chi connectivity index (χ2n) is 4.90. The van der Waals surface area contributed by atoms with Crippen molar-refractivity contribution >= 4 is 11.6 Å². The lowest BCUT2D eigenvalue weighted by Gasteiger charge is -2.14. The van der Waals surface area contributed by atoms with Crippen molar-refractivity contribution < 1.29 is 19.3 Å². The molecule has 0 aliphatic carbocycles. The van der Waals surface area contributed by atoms with Gasteiger partial charge < -0.3 is 19.3 Å². The summed E-state index contributed by atoms with van der Waals surface area (Å²) in [6.45, 7) is 2.34. The predicted molar refractivity (Wildman–Crippen MR) is 77.7 cm³/mol. The molecular formula is C15H21ClO4. The van der Waals surface area contributed by atoms with Gasteiger partial charge in [-0.15, -0.1) is 0 Å². The fourth-order valence-corrected chi connectivity index (χ4v) is 2.58. The number of aliphatic hydroxyl groups excluding tert-OH is 1. The molecule has 0 saturated heterocycles. The van der Waals surface area contributed by atoms with Gasteiger partial charge in [0.2, 0.25) is 0 Å². The van der Waals surface area contributed by atoms with Gasteiger partial charge >= 0.3 is 0 Å². The minimum atomic E-state index is -0.454. The van der Waals surface area contributed by atoms with Crippen LogP contribution >= 0.6 is 11.6 Å². The number of rotatable bonds is 8. The summed E-state index contributed by atoms with van der Waals surface area (Å²) in [7, 11) is 1.64. The topological polar surface area (TPSA) is 47.9 Å². The quantitative estimate of drug-likeness (QED) is 0.748. The van der Waals surface area contributed by atoms with E-state index in [1.165, 1.54) is 0 Å². The second-order valence-corrected chi connectivity index (χ2v) is 5.34. The van der Waals surface area contributed by atoms with Gasteiger partial charge in [0.05, 0.1) is 25.9 Å². The van der Waals surface area contributed by atoms with Gasteiger partial charge in [-0.1, -0.05) is 11.6 Å². The summed E-state index contributed by atoms with van der Waals surface area (Å²) in [5.74, 6) is 0.897. The van der Waals surface area contributed by atoms with E-state index in [1.807, 2.05) is 12.1 Å². The molecule has 0 aromatic heterocycles. The first kappa shape index (κ1) is 15.6. The average Bonchev–Trinajstić information content (AvgIpc) is 2.86. The van der Waals surface area contributed by atoms with Crippen molar-refractivity contribution in [1.82, 2.24) is 0 Å². The number of ether oxygens (including phenoxy) is 3. The molecule has 1 aromatic rings. The van der Waals surface area contributed by atoms with Gasteiger partial charge in [-0.2, -0.15) is 0 Å². The van der Waals surface area contributed by atoms with E-state index in [4.69, 9.17) is 25.8 Å². The monoisotopic (exact) mass is 300 g/mol. The molecule has 0 fully saturated rings. The van der Waals surface area contributed by atoms with Crippen LogP contribution in [0.5, 0.6) is 5.75 Å². The van der Waals surface area contributed by atoms with Gasteiger partial charge in [0.25, 0.3) is 0 Å². The molecule has 0 bridgehead atoms. The Hall–Kier alpha value is -0.810. The van der Waals surface area contributed by atoms with E-state index in [9.17, 15) is 5.11 Å². The first-order valence-electron chi connectivity index (χ1n) is 6.89. The van der Waals surface area contributed by atoms with Crippen LogP contribution in [-0.4, -0.2) is 44.7 Å². The smallest absolute Gasteiger partial charge is 0.126 e. The van der Waals surface area contributed by atoms with E-state index in [2.05, 4.69) is 0 Å². The van der Waals surface area contributed by atoms with Gasteiger partial charge in [0.1, 0.15) is 5.75 Å². The van der Waals surface area contributed by atoms with E-state index in [0.717, 1.165) is 23.3 Å². The lowest BCUT2D eigenvalue weighted by atomic mass is 10.0. The molecule has 0 radical (unpaired) electrons. The summed E-state index contributed by atoms with van der Waals surface area (Å²) < 4.78 is 15.9. The minimum absolute atomic E-state index is 0.454. The van der Waals surface area contributed by atoms with E-state index in [-0.39, 0.29) is 0 Å². The molecule has 1 aromatic carbocycles. The molecule has 20 heavy (non-hydrogen) atoms. The largest absolute Gasteiger partial charge is 0.493 e. The van der Waals surface area contributed by atoms with E-state index in [0.29, 0.717) is 44.3 Å². The van der Waals surface area contributed by atoms with Crippen molar-refractivity contribution in [3.63, 3.8) is 0 Å². The van der Waals surface area contributed by atoms with Crippen molar-refractivity contribution in [2.75, 3.05) is 33.5 Å². The Kier molecular flexibility index (Phi) is 6.10. The molecule has 2 rings (SSSR count). The lowest BCUT2D eigenvalue weighted by Crippen LogP contribution is -2.15. The molecule has 1 aliphatic heterocycles. The highest BCUT2D eigenvalue weighted by Crippen LogP contribution is 2.33. The molecule has 0 spiro atoms. The van der Waals surface area contributed by atoms with Crippen molar-refractivity contribution in [1.29, 1.82) is 0 Å². The van der Waals surface area contributed by atoms with Crippen LogP contribution < -0.4 is 4.74 Å². The SMILES string of the molecule is COCCOCCC(O)Cc1cc(Cl)cc2c1OCC2. The molecule has 1 heterocycles. The molecule has 112 valence electrons. The zero-order chi connectivity index (χ0) is 14.4. The summed E-state index contributed by atoms with van der Waals surface area (Å²) in [4.78, 5) is 0. The second kappa shape index (κ2) is 7.84. The first-order chi connectivity index (χ1) is 9.70. The van der Waals surface area contributed by atoms with Crippen molar-refractivity contribution in [2.24, 2.45) is 0 Å². The Morgan fingerprint density at radius 3 is 3.00 bits per heavy atom.